The van der Waals surface area contributed by atoms with Gasteiger partial charge in [-0.2, -0.15) is 0 Å². The topological polar surface area (TPSA) is 98.0 Å². The fraction of sp³-hybridized carbons (Fsp3) is 0.654. The summed E-state index contributed by atoms with van der Waals surface area (Å²) in [6.07, 6.45) is 8.00. The Kier molecular flexibility index (Phi) is 6.35. The fourth-order valence-electron chi connectivity index (χ4n) is 6.40. The standard InChI is InChI=1S/C26H38N6O3/c1-29(2)26(21-7-4-3-5-8-21)13-11-24(12-14-26)19-30(17-22-18-31(15-16-33)28-27-22)23(34)32(24)20-25(35)9-6-10-25/h3-5,7-8,18,33,35H,6,9-17,19-20H2,1-2H3/t24-,26+. The average Bonchev–Trinajstić information content (AvgIpc) is 3.37. The van der Waals surface area contributed by atoms with Gasteiger partial charge in [0.2, 0.25) is 0 Å². The number of hydrogen-bond acceptors (Lipinski definition) is 6. The van der Waals surface area contributed by atoms with Crippen LogP contribution >= 0.6 is 0 Å². The molecule has 190 valence electrons. The van der Waals surface area contributed by atoms with Gasteiger partial charge in [-0.25, -0.2) is 9.48 Å². The van der Waals surface area contributed by atoms with Gasteiger partial charge in [-0.05, 0) is 64.6 Å². The molecule has 2 aliphatic carbocycles. The van der Waals surface area contributed by atoms with Gasteiger partial charge < -0.3 is 20.0 Å². The van der Waals surface area contributed by atoms with Crippen LogP contribution in [0.15, 0.2) is 36.5 Å². The van der Waals surface area contributed by atoms with Crippen molar-refractivity contribution in [3.8, 4) is 0 Å². The molecule has 5 rings (SSSR count). The van der Waals surface area contributed by atoms with E-state index in [0.717, 1.165) is 44.9 Å². The Bertz CT molecular complexity index is 1030. The van der Waals surface area contributed by atoms with Gasteiger partial charge in [0, 0.05) is 12.1 Å². The van der Waals surface area contributed by atoms with Crippen molar-refractivity contribution in [2.45, 2.75) is 74.7 Å². The maximum absolute atomic E-state index is 13.7. The molecule has 0 bridgehead atoms. The molecule has 35 heavy (non-hydrogen) atoms. The molecule has 2 N–H and O–H groups in total. The highest BCUT2D eigenvalue weighted by atomic mass is 16.3. The molecule has 1 aromatic heterocycles. The second-order valence-corrected chi connectivity index (χ2v) is 11.0. The normalized spacial score (nSPS) is 28.2. The molecule has 2 heterocycles. The first-order valence-corrected chi connectivity index (χ1v) is 12.8. The molecule has 2 aromatic rings. The molecule has 2 saturated carbocycles. The monoisotopic (exact) mass is 482 g/mol. The molecule has 0 unspecified atom stereocenters. The second-order valence-electron chi connectivity index (χ2n) is 11.0. The summed E-state index contributed by atoms with van der Waals surface area (Å²) in [6.45, 7) is 1.80. The summed E-state index contributed by atoms with van der Waals surface area (Å²) >= 11 is 0. The average molecular weight is 483 g/mol. The number of carbonyl (C=O) groups excluding carboxylic acids is 1. The van der Waals surface area contributed by atoms with E-state index in [-0.39, 0.29) is 23.7 Å². The Balaban J connectivity index is 1.40. The molecule has 3 aliphatic rings. The minimum atomic E-state index is -0.765. The van der Waals surface area contributed by atoms with Crippen LogP contribution in [0.3, 0.4) is 0 Å². The van der Waals surface area contributed by atoms with E-state index in [2.05, 4.69) is 59.6 Å². The number of hydrogen-bond donors (Lipinski definition) is 2. The zero-order valence-corrected chi connectivity index (χ0v) is 20.9. The number of amides is 2. The molecule has 1 spiro atoms. The summed E-state index contributed by atoms with van der Waals surface area (Å²) in [5.74, 6) is 0. The highest BCUT2D eigenvalue weighted by molar-refractivity contribution is 5.78. The van der Waals surface area contributed by atoms with E-state index in [1.807, 2.05) is 9.80 Å². The molecule has 2 amide bonds. The minimum absolute atomic E-state index is 0.00401. The maximum Gasteiger partial charge on any atom is 0.321 e. The number of aliphatic hydroxyl groups is 2. The smallest absolute Gasteiger partial charge is 0.321 e. The van der Waals surface area contributed by atoms with Gasteiger partial charge in [0.15, 0.2) is 0 Å². The molecule has 9 heteroatoms. The Labute approximate surface area is 207 Å². The third-order valence-electron chi connectivity index (χ3n) is 8.74. The Morgan fingerprint density at radius 1 is 1.06 bits per heavy atom. The predicted octanol–water partition coefficient (Wildman–Crippen LogP) is 2.19. The summed E-state index contributed by atoms with van der Waals surface area (Å²) in [5.41, 5.74) is 0.921. The van der Waals surface area contributed by atoms with E-state index in [0.29, 0.717) is 31.9 Å². The lowest BCUT2D eigenvalue weighted by Crippen LogP contribution is -2.59. The summed E-state index contributed by atoms with van der Waals surface area (Å²) < 4.78 is 1.60. The zero-order valence-electron chi connectivity index (χ0n) is 20.9. The molecular formula is C26H38N6O3. The van der Waals surface area contributed by atoms with E-state index in [9.17, 15) is 9.90 Å². The highest BCUT2D eigenvalue weighted by Gasteiger charge is 2.56. The van der Waals surface area contributed by atoms with Crippen molar-refractivity contribution in [3.63, 3.8) is 0 Å². The summed E-state index contributed by atoms with van der Waals surface area (Å²) in [6, 6.07) is 10.7. The van der Waals surface area contributed by atoms with Crippen LogP contribution in [0.2, 0.25) is 0 Å². The zero-order chi connectivity index (χ0) is 24.7. The van der Waals surface area contributed by atoms with Crippen LogP contribution in [0.5, 0.6) is 0 Å². The number of carbonyl (C=O) groups is 1. The van der Waals surface area contributed by atoms with Gasteiger partial charge in [-0.1, -0.05) is 35.5 Å². The van der Waals surface area contributed by atoms with Crippen molar-refractivity contribution in [2.24, 2.45) is 0 Å². The van der Waals surface area contributed by atoms with Gasteiger partial charge in [-0.3, -0.25) is 4.90 Å². The van der Waals surface area contributed by atoms with Crippen molar-refractivity contribution < 1.29 is 15.0 Å². The van der Waals surface area contributed by atoms with Crippen LogP contribution in [-0.4, -0.2) is 90.9 Å². The van der Waals surface area contributed by atoms with Crippen molar-refractivity contribution in [3.05, 3.63) is 47.8 Å². The molecule has 1 saturated heterocycles. The number of rotatable bonds is 8. The van der Waals surface area contributed by atoms with Gasteiger partial charge in [0.25, 0.3) is 0 Å². The lowest BCUT2D eigenvalue weighted by Gasteiger charge is -2.52. The van der Waals surface area contributed by atoms with Crippen LogP contribution < -0.4 is 0 Å². The van der Waals surface area contributed by atoms with Crippen molar-refractivity contribution in [1.29, 1.82) is 0 Å². The van der Waals surface area contributed by atoms with Crippen LogP contribution in [0.1, 0.15) is 56.2 Å². The fourth-order valence-corrected chi connectivity index (χ4v) is 6.40. The maximum atomic E-state index is 13.7. The van der Waals surface area contributed by atoms with Crippen LogP contribution in [0, 0.1) is 0 Å². The molecule has 1 aliphatic heterocycles. The third-order valence-corrected chi connectivity index (χ3v) is 8.74. The van der Waals surface area contributed by atoms with Crippen molar-refractivity contribution in [2.75, 3.05) is 33.8 Å². The van der Waals surface area contributed by atoms with E-state index >= 15 is 0 Å². The third kappa shape index (κ3) is 4.34. The first kappa shape index (κ1) is 24.2. The van der Waals surface area contributed by atoms with Crippen LogP contribution in [0.25, 0.3) is 0 Å². The number of urea groups is 1. The Morgan fingerprint density at radius 3 is 2.37 bits per heavy atom. The SMILES string of the molecule is CN(C)[C@]1(c2ccccc2)CC[C@]2(CC1)CN(Cc1cn(CCO)nn1)C(=O)N2CC1(O)CCC1. The van der Waals surface area contributed by atoms with Crippen LogP contribution in [-0.2, 0) is 18.6 Å². The van der Waals surface area contributed by atoms with E-state index in [1.165, 1.54) is 5.56 Å². The first-order chi connectivity index (χ1) is 16.8. The quantitative estimate of drug-likeness (QED) is 0.599. The molecule has 3 fully saturated rings. The molecule has 9 nitrogen and oxygen atoms in total. The van der Waals surface area contributed by atoms with E-state index in [4.69, 9.17) is 5.11 Å². The Morgan fingerprint density at radius 2 is 1.77 bits per heavy atom. The lowest BCUT2D eigenvalue weighted by molar-refractivity contribution is -0.0725. The highest BCUT2D eigenvalue weighted by Crippen LogP contribution is 2.50. The number of aliphatic hydroxyl groups excluding tert-OH is 1. The van der Waals surface area contributed by atoms with Gasteiger partial charge in [-0.15, -0.1) is 5.10 Å². The lowest BCUT2D eigenvalue weighted by atomic mass is 9.67. The van der Waals surface area contributed by atoms with Gasteiger partial charge in [0.05, 0.1) is 43.6 Å². The second kappa shape index (κ2) is 9.19. The summed E-state index contributed by atoms with van der Waals surface area (Å²) in [5, 5.41) is 28.5. The van der Waals surface area contributed by atoms with Crippen LogP contribution in [0.4, 0.5) is 4.79 Å². The van der Waals surface area contributed by atoms with Crippen molar-refractivity contribution >= 4 is 6.03 Å². The molecular weight excluding hydrogens is 444 g/mol. The summed E-state index contributed by atoms with van der Waals surface area (Å²) in [7, 11) is 4.31. The molecule has 1 aromatic carbocycles. The van der Waals surface area contributed by atoms with E-state index < -0.39 is 5.60 Å². The predicted molar refractivity (Wildman–Crippen MR) is 131 cm³/mol. The Hall–Kier alpha value is -2.49. The largest absolute Gasteiger partial charge is 0.394 e. The molecule has 0 radical (unpaired) electrons. The number of nitrogens with zero attached hydrogens (tertiary/aromatic N) is 6. The van der Waals surface area contributed by atoms with Gasteiger partial charge >= 0.3 is 6.03 Å². The minimum Gasteiger partial charge on any atom is -0.394 e. The number of β-amino-alcohol motifs (C(OH)–C–C–N with tert-alkyl or cyclic N) is 1. The van der Waals surface area contributed by atoms with Gasteiger partial charge in [0.1, 0.15) is 5.69 Å². The number of benzene rings is 1. The first-order valence-electron chi connectivity index (χ1n) is 12.8. The van der Waals surface area contributed by atoms with E-state index in [1.54, 1.807) is 10.9 Å². The summed E-state index contributed by atoms with van der Waals surface area (Å²) in [4.78, 5) is 19.9. The molecule has 0 atom stereocenters. The number of aromatic nitrogens is 3. The van der Waals surface area contributed by atoms with Crippen molar-refractivity contribution in [1.82, 2.24) is 29.7 Å².